The van der Waals surface area contributed by atoms with E-state index in [9.17, 15) is 0 Å². The minimum Gasteiger partial charge on any atom is -0.380 e. The molecule has 1 rings (SSSR count). The standard InChI is InChI=1S/C8H10ClNO2/c9-6-2-1-3-7(4-6)10-5-8(11)12/h1-4,8,10-12H,5H2. The normalized spacial score (nSPS) is 10.3. The number of aliphatic hydroxyl groups excluding tert-OH is 1. The van der Waals surface area contributed by atoms with Crippen LogP contribution in [0, 0.1) is 0 Å². The highest BCUT2D eigenvalue weighted by atomic mass is 35.5. The third kappa shape index (κ3) is 3.09. The quantitative estimate of drug-likeness (QED) is 0.621. The second-order valence-electron chi connectivity index (χ2n) is 2.37. The molecule has 0 unspecified atom stereocenters. The fourth-order valence-electron chi connectivity index (χ4n) is 0.808. The molecule has 0 amide bonds. The minimum atomic E-state index is -1.34. The van der Waals surface area contributed by atoms with E-state index in [1.165, 1.54) is 0 Å². The van der Waals surface area contributed by atoms with Crippen LogP contribution in [0.2, 0.25) is 5.02 Å². The van der Waals surface area contributed by atoms with Gasteiger partial charge >= 0.3 is 0 Å². The van der Waals surface area contributed by atoms with Crippen molar-refractivity contribution in [1.29, 1.82) is 0 Å². The van der Waals surface area contributed by atoms with Crippen LogP contribution < -0.4 is 5.32 Å². The first kappa shape index (κ1) is 9.32. The fourth-order valence-corrected chi connectivity index (χ4v) is 0.998. The molecule has 0 atom stereocenters. The summed E-state index contributed by atoms with van der Waals surface area (Å²) < 4.78 is 0. The Labute approximate surface area is 75.6 Å². The average Bonchev–Trinajstić information content (AvgIpc) is 2.01. The maximum atomic E-state index is 8.54. The zero-order valence-corrected chi connectivity index (χ0v) is 7.12. The van der Waals surface area contributed by atoms with Crippen LogP contribution in [0.1, 0.15) is 0 Å². The Hall–Kier alpha value is -0.770. The third-order valence-corrected chi connectivity index (χ3v) is 1.55. The van der Waals surface area contributed by atoms with Crippen molar-refractivity contribution in [2.75, 3.05) is 11.9 Å². The van der Waals surface area contributed by atoms with E-state index in [1.807, 2.05) is 0 Å². The van der Waals surface area contributed by atoms with Gasteiger partial charge in [0.05, 0.1) is 6.54 Å². The summed E-state index contributed by atoms with van der Waals surface area (Å²) in [5.41, 5.74) is 0.774. The number of halogens is 1. The molecule has 3 N–H and O–H groups in total. The molecule has 0 aromatic heterocycles. The van der Waals surface area contributed by atoms with Crippen molar-refractivity contribution in [1.82, 2.24) is 0 Å². The number of aliphatic hydroxyl groups is 2. The molecule has 4 heteroatoms. The Morgan fingerprint density at radius 1 is 1.42 bits per heavy atom. The van der Waals surface area contributed by atoms with E-state index < -0.39 is 6.29 Å². The number of hydrogen-bond donors (Lipinski definition) is 3. The summed E-state index contributed by atoms with van der Waals surface area (Å²) in [6.07, 6.45) is -1.34. The van der Waals surface area contributed by atoms with Gasteiger partial charge in [-0.15, -0.1) is 0 Å². The molecule has 12 heavy (non-hydrogen) atoms. The monoisotopic (exact) mass is 187 g/mol. The van der Waals surface area contributed by atoms with Crippen LogP contribution in [-0.4, -0.2) is 23.0 Å². The van der Waals surface area contributed by atoms with Crippen molar-refractivity contribution in [3.8, 4) is 0 Å². The van der Waals surface area contributed by atoms with E-state index in [4.69, 9.17) is 21.8 Å². The van der Waals surface area contributed by atoms with E-state index >= 15 is 0 Å². The van der Waals surface area contributed by atoms with Crippen molar-refractivity contribution < 1.29 is 10.2 Å². The van der Waals surface area contributed by atoms with Crippen molar-refractivity contribution in [2.45, 2.75) is 6.29 Å². The molecular formula is C8H10ClNO2. The molecular weight excluding hydrogens is 178 g/mol. The van der Waals surface area contributed by atoms with Crippen LogP contribution in [0.3, 0.4) is 0 Å². The van der Waals surface area contributed by atoms with Crippen LogP contribution in [0.5, 0.6) is 0 Å². The minimum absolute atomic E-state index is 0.0976. The van der Waals surface area contributed by atoms with Crippen LogP contribution in [0.25, 0.3) is 0 Å². The maximum absolute atomic E-state index is 8.54. The van der Waals surface area contributed by atoms with E-state index in [2.05, 4.69) is 5.32 Å². The van der Waals surface area contributed by atoms with Gasteiger partial charge in [-0.3, -0.25) is 0 Å². The van der Waals surface area contributed by atoms with Crippen LogP contribution in [0.4, 0.5) is 5.69 Å². The highest BCUT2D eigenvalue weighted by Crippen LogP contribution is 2.14. The topological polar surface area (TPSA) is 52.5 Å². The van der Waals surface area contributed by atoms with Crippen molar-refractivity contribution in [3.63, 3.8) is 0 Å². The van der Waals surface area contributed by atoms with E-state index in [0.29, 0.717) is 5.02 Å². The number of rotatable bonds is 3. The van der Waals surface area contributed by atoms with Gasteiger partial charge in [-0.25, -0.2) is 0 Å². The average molecular weight is 188 g/mol. The second-order valence-corrected chi connectivity index (χ2v) is 2.81. The van der Waals surface area contributed by atoms with Crippen LogP contribution >= 0.6 is 11.6 Å². The molecule has 0 radical (unpaired) electrons. The van der Waals surface area contributed by atoms with Crippen molar-refractivity contribution in [3.05, 3.63) is 29.3 Å². The Morgan fingerprint density at radius 2 is 2.17 bits per heavy atom. The van der Waals surface area contributed by atoms with E-state index in [-0.39, 0.29) is 6.54 Å². The van der Waals surface area contributed by atoms with Gasteiger partial charge in [-0.2, -0.15) is 0 Å². The van der Waals surface area contributed by atoms with Gasteiger partial charge in [0.25, 0.3) is 0 Å². The lowest BCUT2D eigenvalue weighted by Gasteiger charge is -2.07. The summed E-state index contributed by atoms with van der Waals surface area (Å²) in [6, 6.07) is 7.05. The van der Waals surface area contributed by atoms with E-state index in [0.717, 1.165) is 5.69 Å². The lowest BCUT2D eigenvalue weighted by atomic mass is 10.3. The van der Waals surface area contributed by atoms with Crippen molar-refractivity contribution >= 4 is 17.3 Å². The summed E-state index contributed by atoms with van der Waals surface area (Å²) >= 11 is 5.70. The summed E-state index contributed by atoms with van der Waals surface area (Å²) in [4.78, 5) is 0. The smallest absolute Gasteiger partial charge is 0.169 e. The number of hydrogen-bond acceptors (Lipinski definition) is 3. The molecule has 0 aliphatic rings. The SMILES string of the molecule is OC(O)CNc1cccc(Cl)c1. The molecule has 1 aromatic carbocycles. The van der Waals surface area contributed by atoms with Gasteiger partial charge in [0, 0.05) is 10.7 Å². The Kier molecular flexibility index (Phi) is 3.34. The highest BCUT2D eigenvalue weighted by Gasteiger charge is 1.96. The molecule has 1 aromatic rings. The summed E-state index contributed by atoms with van der Waals surface area (Å²) in [5.74, 6) is 0. The first-order valence-corrected chi connectivity index (χ1v) is 3.92. The Bertz CT molecular complexity index is 253. The largest absolute Gasteiger partial charge is 0.380 e. The first-order chi connectivity index (χ1) is 5.68. The predicted molar refractivity (Wildman–Crippen MR) is 48.2 cm³/mol. The molecule has 0 bridgehead atoms. The van der Waals surface area contributed by atoms with Gasteiger partial charge in [0.1, 0.15) is 0 Å². The molecule has 66 valence electrons. The predicted octanol–water partition coefficient (Wildman–Crippen LogP) is 1.06. The first-order valence-electron chi connectivity index (χ1n) is 3.54. The fraction of sp³-hybridized carbons (Fsp3) is 0.250. The number of benzene rings is 1. The maximum Gasteiger partial charge on any atom is 0.169 e. The van der Waals surface area contributed by atoms with Gasteiger partial charge < -0.3 is 15.5 Å². The molecule has 0 aliphatic heterocycles. The molecule has 0 spiro atoms. The summed E-state index contributed by atoms with van der Waals surface area (Å²) in [7, 11) is 0. The van der Waals surface area contributed by atoms with Crippen LogP contribution in [-0.2, 0) is 0 Å². The van der Waals surface area contributed by atoms with Crippen LogP contribution in [0.15, 0.2) is 24.3 Å². The Balaban J connectivity index is 2.52. The molecule has 0 fully saturated rings. The molecule has 0 aliphatic carbocycles. The second kappa shape index (κ2) is 4.30. The third-order valence-electron chi connectivity index (χ3n) is 1.31. The highest BCUT2D eigenvalue weighted by molar-refractivity contribution is 6.30. The number of anilines is 1. The lowest BCUT2D eigenvalue weighted by Crippen LogP contribution is -2.18. The molecule has 0 saturated heterocycles. The molecule has 0 heterocycles. The molecule has 3 nitrogen and oxygen atoms in total. The lowest BCUT2D eigenvalue weighted by molar-refractivity contribution is -0.0275. The Morgan fingerprint density at radius 3 is 2.75 bits per heavy atom. The van der Waals surface area contributed by atoms with Gasteiger partial charge in [-0.1, -0.05) is 17.7 Å². The van der Waals surface area contributed by atoms with Crippen molar-refractivity contribution in [2.24, 2.45) is 0 Å². The van der Waals surface area contributed by atoms with E-state index in [1.54, 1.807) is 24.3 Å². The van der Waals surface area contributed by atoms with Gasteiger partial charge in [-0.05, 0) is 18.2 Å². The summed E-state index contributed by atoms with van der Waals surface area (Å²) in [5, 5.41) is 20.5. The van der Waals surface area contributed by atoms with Gasteiger partial charge in [0.2, 0.25) is 0 Å². The van der Waals surface area contributed by atoms with Gasteiger partial charge in [0.15, 0.2) is 6.29 Å². The zero-order valence-electron chi connectivity index (χ0n) is 6.37. The zero-order chi connectivity index (χ0) is 8.97. The molecule has 0 saturated carbocycles. The number of nitrogens with one attached hydrogen (secondary N) is 1. The summed E-state index contributed by atoms with van der Waals surface area (Å²) in [6.45, 7) is 0.0976.